The molecule has 0 spiro atoms. The van der Waals surface area contributed by atoms with Crippen molar-refractivity contribution in [2.75, 3.05) is 20.1 Å². The summed E-state index contributed by atoms with van der Waals surface area (Å²) < 4.78 is 38.1. The number of halogens is 3. The van der Waals surface area contributed by atoms with Crippen LogP contribution in [0.15, 0.2) is 30.3 Å². The first-order chi connectivity index (χ1) is 9.42. The van der Waals surface area contributed by atoms with Crippen LogP contribution >= 0.6 is 0 Å². The number of hydrogen-bond donors (Lipinski definition) is 1. The van der Waals surface area contributed by atoms with Crippen LogP contribution in [0.2, 0.25) is 0 Å². The minimum atomic E-state index is -4.17. The van der Waals surface area contributed by atoms with Gasteiger partial charge >= 0.3 is 6.18 Å². The van der Waals surface area contributed by atoms with Gasteiger partial charge in [0.2, 0.25) is 0 Å². The van der Waals surface area contributed by atoms with Crippen molar-refractivity contribution in [3.63, 3.8) is 0 Å². The molecule has 114 valence electrons. The van der Waals surface area contributed by atoms with E-state index in [2.05, 4.69) is 5.32 Å². The highest BCUT2D eigenvalue weighted by Gasteiger charge is 2.35. The molecule has 5 heteroatoms. The standard InChI is InChI=1S/C15H23F3N2/c1-4-13(20(5-2)11-15(16,17)18)14(19-3)12-9-7-6-8-10-12/h6-10,13-14,19H,4-5,11H2,1-3H3. The Hall–Kier alpha value is -1.07. The summed E-state index contributed by atoms with van der Waals surface area (Å²) in [5.41, 5.74) is 1.02. The van der Waals surface area contributed by atoms with Crippen LogP contribution < -0.4 is 5.32 Å². The summed E-state index contributed by atoms with van der Waals surface area (Å²) in [4.78, 5) is 1.49. The minimum absolute atomic E-state index is 0.108. The van der Waals surface area contributed by atoms with E-state index in [0.717, 1.165) is 5.56 Å². The Balaban J connectivity index is 2.95. The van der Waals surface area contributed by atoms with Crippen LogP contribution in [0.1, 0.15) is 31.9 Å². The number of hydrogen-bond acceptors (Lipinski definition) is 2. The van der Waals surface area contributed by atoms with E-state index >= 15 is 0 Å². The van der Waals surface area contributed by atoms with Crippen molar-refractivity contribution in [3.8, 4) is 0 Å². The van der Waals surface area contributed by atoms with E-state index in [4.69, 9.17) is 0 Å². The van der Waals surface area contributed by atoms with Gasteiger partial charge in [-0.2, -0.15) is 13.2 Å². The van der Waals surface area contributed by atoms with E-state index < -0.39 is 12.7 Å². The molecule has 1 rings (SSSR count). The molecule has 1 N–H and O–H groups in total. The van der Waals surface area contributed by atoms with Crippen LogP contribution in [-0.4, -0.2) is 37.3 Å². The van der Waals surface area contributed by atoms with Crippen molar-refractivity contribution >= 4 is 0 Å². The third-order valence-corrected chi connectivity index (χ3v) is 3.53. The molecule has 0 fully saturated rings. The zero-order valence-electron chi connectivity index (χ0n) is 12.2. The Kier molecular flexibility index (Phi) is 6.49. The van der Waals surface area contributed by atoms with E-state index in [-0.39, 0.29) is 12.1 Å². The molecule has 20 heavy (non-hydrogen) atoms. The molecule has 0 aliphatic rings. The minimum Gasteiger partial charge on any atom is -0.312 e. The maximum absolute atomic E-state index is 12.7. The highest BCUT2D eigenvalue weighted by atomic mass is 19.4. The van der Waals surface area contributed by atoms with Crippen molar-refractivity contribution in [1.82, 2.24) is 10.2 Å². The van der Waals surface area contributed by atoms with Gasteiger partial charge in [-0.1, -0.05) is 44.2 Å². The van der Waals surface area contributed by atoms with Gasteiger partial charge in [0.05, 0.1) is 6.54 Å². The molecule has 2 nitrogen and oxygen atoms in total. The number of nitrogens with zero attached hydrogens (tertiary/aromatic N) is 1. The summed E-state index contributed by atoms with van der Waals surface area (Å²) in [6.45, 7) is 3.21. The monoisotopic (exact) mass is 288 g/mol. The van der Waals surface area contributed by atoms with Gasteiger partial charge in [-0.25, -0.2) is 0 Å². The van der Waals surface area contributed by atoms with Crippen molar-refractivity contribution in [3.05, 3.63) is 35.9 Å². The van der Waals surface area contributed by atoms with Gasteiger partial charge in [-0.3, -0.25) is 4.90 Å². The number of benzene rings is 1. The Morgan fingerprint density at radius 2 is 1.75 bits per heavy atom. The van der Waals surface area contributed by atoms with Gasteiger partial charge in [-0.15, -0.1) is 0 Å². The average Bonchev–Trinajstić information content (AvgIpc) is 2.42. The SMILES string of the molecule is CCC(C(NC)c1ccccc1)N(CC)CC(F)(F)F. The zero-order chi connectivity index (χ0) is 15.2. The first-order valence-corrected chi connectivity index (χ1v) is 6.95. The Labute approximate surface area is 119 Å². The largest absolute Gasteiger partial charge is 0.401 e. The van der Waals surface area contributed by atoms with E-state index in [1.165, 1.54) is 4.90 Å². The molecule has 0 aliphatic heterocycles. The lowest BCUT2D eigenvalue weighted by Gasteiger charge is -2.36. The molecule has 2 unspecified atom stereocenters. The molecule has 1 aromatic carbocycles. The Morgan fingerprint density at radius 3 is 2.15 bits per heavy atom. The molecule has 2 atom stereocenters. The van der Waals surface area contributed by atoms with Gasteiger partial charge in [0, 0.05) is 12.1 Å². The maximum atomic E-state index is 12.7. The molecule has 0 amide bonds. The van der Waals surface area contributed by atoms with Crippen molar-refractivity contribution in [2.24, 2.45) is 0 Å². The molecular weight excluding hydrogens is 265 g/mol. The summed E-state index contributed by atoms with van der Waals surface area (Å²) in [5.74, 6) is 0. The highest BCUT2D eigenvalue weighted by molar-refractivity contribution is 5.20. The lowest BCUT2D eigenvalue weighted by atomic mass is 9.96. The fourth-order valence-electron chi connectivity index (χ4n) is 2.64. The molecule has 0 aromatic heterocycles. The summed E-state index contributed by atoms with van der Waals surface area (Å²) in [7, 11) is 1.79. The summed E-state index contributed by atoms with van der Waals surface area (Å²) in [6.07, 6.45) is -3.51. The van der Waals surface area contributed by atoms with Gasteiger partial charge in [-0.05, 0) is 25.6 Å². The van der Waals surface area contributed by atoms with E-state index in [1.807, 2.05) is 37.3 Å². The zero-order valence-corrected chi connectivity index (χ0v) is 12.2. The fourth-order valence-corrected chi connectivity index (χ4v) is 2.64. The van der Waals surface area contributed by atoms with Crippen LogP contribution in [0.4, 0.5) is 13.2 Å². The quantitative estimate of drug-likeness (QED) is 0.824. The van der Waals surface area contributed by atoms with Gasteiger partial charge in [0.15, 0.2) is 0 Å². The summed E-state index contributed by atoms with van der Waals surface area (Å²) in [6, 6.07) is 9.33. The number of rotatable bonds is 7. The second-order valence-corrected chi connectivity index (χ2v) is 4.83. The summed E-state index contributed by atoms with van der Waals surface area (Å²) in [5, 5.41) is 3.16. The Morgan fingerprint density at radius 1 is 1.15 bits per heavy atom. The van der Waals surface area contributed by atoms with Crippen LogP contribution in [0.25, 0.3) is 0 Å². The lowest BCUT2D eigenvalue weighted by Crippen LogP contribution is -2.47. The van der Waals surface area contributed by atoms with Crippen molar-refractivity contribution < 1.29 is 13.2 Å². The van der Waals surface area contributed by atoms with Crippen LogP contribution in [0.3, 0.4) is 0 Å². The third kappa shape index (κ3) is 4.80. The summed E-state index contributed by atoms with van der Waals surface area (Å²) >= 11 is 0. The van der Waals surface area contributed by atoms with Crippen molar-refractivity contribution in [1.29, 1.82) is 0 Å². The maximum Gasteiger partial charge on any atom is 0.401 e. The van der Waals surface area contributed by atoms with Crippen LogP contribution in [0.5, 0.6) is 0 Å². The average molecular weight is 288 g/mol. The van der Waals surface area contributed by atoms with E-state index in [1.54, 1.807) is 14.0 Å². The van der Waals surface area contributed by atoms with Crippen LogP contribution in [-0.2, 0) is 0 Å². The van der Waals surface area contributed by atoms with Gasteiger partial charge in [0.1, 0.15) is 0 Å². The predicted molar refractivity (Wildman–Crippen MR) is 75.6 cm³/mol. The molecule has 0 radical (unpaired) electrons. The number of likely N-dealkylation sites (N-methyl/N-ethyl adjacent to an activating group) is 2. The smallest absolute Gasteiger partial charge is 0.312 e. The molecule has 1 aromatic rings. The number of nitrogens with one attached hydrogen (secondary N) is 1. The second-order valence-electron chi connectivity index (χ2n) is 4.83. The normalized spacial score (nSPS) is 15.3. The first kappa shape index (κ1) is 17.0. The lowest BCUT2D eigenvalue weighted by molar-refractivity contribution is -0.151. The highest BCUT2D eigenvalue weighted by Crippen LogP contribution is 2.26. The third-order valence-electron chi connectivity index (χ3n) is 3.53. The molecule has 0 bridgehead atoms. The second kappa shape index (κ2) is 7.64. The van der Waals surface area contributed by atoms with Gasteiger partial charge < -0.3 is 5.32 Å². The molecular formula is C15H23F3N2. The van der Waals surface area contributed by atoms with Crippen molar-refractivity contribution in [2.45, 2.75) is 38.5 Å². The predicted octanol–water partition coefficient (Wildman–Crippen LogP) is 3.61. The first-order valence-electron chi connectivity index (χ1n) is 6.95. The van der Waals surface area contributed by atoms with E-state index in [9.17, 15) is 13.2 Å². The topological polar surface area (TPSA) is 15.3 Å². The molecule has 0 saturated carbocycles. The number of alkyl halides is 3. The molecule has 0 saturated heterocycles. The van der Waals surface area contributed by atoms with E-state index in [0.29, 0.717) is 13.0 Å². The Bertz CT molecular complexity index is 378. The molecule has 0 heterocycles. The van der Waals surface area contributed by atoms with Gasteiger partial charge in [0.25, 0.3) is 0 Å². The fraction of sp³-hybridized carbons (Fsp3) is 0.600. The van der Waals surface area contributed by atoms with Crippen LogP contribution in [0, 0.1) is 0 Å². The molecule has 0 aliphatic carbocycles.